The van der Waals surface area contributed by atoms with Crippen LogP contribution >= 0.6 is 58.0 Å². The standard InChI is InChI=1S/C16H13Cl5N2O3S/c1-27(25,26)23(7-9-2-3-10(17)11(18)4-9)8-16(24)22-15-6-13(20)12(19)5-14(15)21/h2-6H,7-8H2,1H3,(H,22,24). The fourth-order valence-electron chi connectivity index (χ4n) is 2.10. The van der Waals surface area contributed by atoms with E-state index in [1.165, 1.54) is 18.2 Å². The van der Waals surface area contributed by atoms with Gasteiger partial charge in [0.1, 0.15) is 0 Å². The Kier molecular flexibility index (Phi) is 7.67. The number of halogens is 5. The lowest BCUT2D eigenvalue weighted by Gasteiger charge is -2.20. The van der Waals surface area contributed by atoms with Crippen molar-refractivity contribution >= 4 is 79.6 Å². The number of sulfonamides is 1. The molecular weight excluding hydrogens is 478 g/mol. The summed E-state index contributed by atoms with van der Waals surface area (Å²) in [7, 11) is -3.68. The first-order valence-corrected chi connectivity index (χ1v) is 11.0. The van der Waals surface area contributed by atoms with Crippen LogP contribution in [0.1, 0.15) is 5.56 Å². The van der Waals surface area contributed by atoms with Gasteiger partial charge in [0.15, 0.2) is 0 Å². The average molecular weight is 491 g/mol. The number of carbonyl (C=O) groups excluding carboxylic acids is 1. The Balaban J connectivity index is 2.17. The first-order chi connectivity index (χ1) is 12.5. The van der Waals surface area contributed by atoms with E-state index in [4.69, 9.17) is 58.0 Å². The van der Waals surface area contributed by atoms with Crippen LogP contribution in [0.25, 0.3) is 0 Å². The van der Waals surface area contributed by atoms with Crippen molar-refractivity contribution in [3.8, 4) is 0 Å². The van der Waals surface area contributed by atoms with Crippen LogP contribution in [0, 0.1) is 0 Å². The molecule has 5 nitrogen and oxygen atoms in total. The largest absolute Gasteiger partial charge is 0.324 e. The third kappa shape index (κ3) is 6.39. The van der Waals surface area contributed by atoms with Gasteiger partial charge in [-0.15, -0.1) is 0 Å². The Morgan fingerprint density at radius 2 is 1.52 bits per heavy atom. The molecule has 0 saturated carbocycles. The summed E-state index contributed by atoms with van der Waals surface area (Å²) in [5.74, 6) is -0.597. The van der Waals surface area contributed by atoms with Crippen LogP contribution in [-0.4, -0.2) is 31.4 Å². The normalized spacial score (nSPS) is 11.7. The maximum atomic E-state index is 12.3. The third-order valence-corrected chi connectivity index (χ3v) is 6.39. The minimum atomic E-state index is -3.68. The van der Waals surface area contributed by atoms with E-state index in [1.807, 2.05) is 0 Å². The van der Waals surface area contributed by atoms with E-state index in [2.05, 4.69) is 5.32 Å². The zero-order valence-electron chi connectivity index (χ0n) is 13.8. The highest BCUT2D eigenvalue weighted by Crippen LogP contribution is 2.32. The summed E-state index contributed by atoms with van der Waals surface area (Å²) in [5.41, 5.74) is 0.800. The fraction of sp³-hybridized carbons (Fsp3) is 0.188. The summed E-state index contributed by atoms with van der Waals surface area (Å²) in [6.45, 7) is -0.492. The molecule has 0 fully saturated rings. The van der Waals surface area contributed by atoms with Crippen LogP contribution in [0.5, 0.6) is 0 Å². The van der Waals surface area contributed by atoms with Gasteiger partial charge in [0.25, 0.3) is 0 Å². The first kappa shape index (κ1) is 22.6. The van der Waals surface area contributed by atoms with E-state index in [0.717, 1.165) is 10.6 Å². The summed E-state index contributed by atoms with van der Waals surface area (Å²) in [5, 5.41) is 3.76. The van der Waals surface area contributed by atoms with Crippen LogP contribution in [0.3, 0.4) is 0 Å². The van der Waals surface area contributed by atoms with Gasteiger partial charge in [-0.3, -0.25) is 4.79 Å². The number of hydrogen-bond donors (Lipinski definition) is 1. The number of amides is 1. The minimum absolute atomic E-state index is 0.0573. The number of benzene rings is 2. The molecule has 27 heavy (non-hydrogen) atoms. The highest BCUT2D eigenvalue weighted by molar-refractivity contribution is 7.88. The van der Waals surface area contributed by atoms with E-state index < -0.39 is 22.5 Å². The van der Waals surface area contributed by atoms with Crippen LogP contribution in [0.4, 0.5) is 5.69 Å². The van der Waals surface area contributed by atoms with E-state index in [1.54, 1.807) is 12.1 Å². The Morgan fingerprint density at radius 1 is 0.926 bits per heavy atom. The van der Waals surface area contributed by atoms with Crippen molar-refractivity contribution in [1.29, 1.82) is 0 Å². The molecule has 0 aliphatic rings. The van der Waals surface area contributed by atoms with Crippen molar-refractivity contribution in [2.75, 3.05) is 18.1 Å². The Morgan fingerprint density at radius 3 is 2.11 bits per heavy atom. The molecule has 0 unspecified atom stereocenters. The van der Waals surface area contributed by atoms with Crippen LogP contribution in [0.15, 0.2) is 30.3 Å². The van der Waals surface area contributed by atoms with Crippen molar-refractivity contribution in [3.63, 3.8) is 0 Å². The molecule has 0 spiro atoms. The lowest BCUT2D eigenvalue weighted by atomic mass is 10.2. The molecule has 0 aliphatic heterocycles. The summed E-state index contributed by atoms with van der Waals surface area (Å²) in [6.07, 6.45) is 1.00. The predicted octanol–water partition coefficient (Wildman–Crippen LogP) is 5.35. The van der Waals surface area contributed by atoms with Gasteiger partial charge >= 0.3 is 0 Å². The van der Waals surface area contributed by atoms with Gasteiger partial charge < -0.3 is 5.32 Å². The van der Waals surface area contributed by atoms with Crippen molar-refractivity contribution < 1.29 is 13.2 Å². The van der Waals surface area contributed by atoms with Crippen molar-refractivity contribution in [1.82, 2.24) is 4.31 Å². The molecule has 0 radical (unpaired) electrons. The van der Waals surface area contributed by atoms with Gasteiger partial charge in [0.05, 0.1) is 43.6 Å². The quantitative estimate of drug-likeness (QED) is 0.555. The Labute approximate surface area is 182 Å². The molecule has 0 saturated heterocycles. The number of nitrogens with zero attached hydrogens (tertiary/aromatic N) is 1. The molecule has 1 amide bonds. The maximum Gasteiger partial charge on any atom is 0.239 e. The van der Waals surface area contributed by atoms with E-state index in [-0.39, 0.29) is 32.3 Å². The molecule has 0 atom stereocenters. The maximum absolute atomic E-state index is 12.3. The zero-order chi connectivity index (χ0) is 20.4. The van der Waals surface area contributed by atoms with Gasteiger partial charge in [0, 0.05) is 6.54 Å². The lowest BCUT2D eigenvalue weighted by molar-refractivity contribution is -0.116. The summed E-state index contributed by atoms with van der Waals surface area (Å²) >= 11 is 29.6. The zero-order valence-corrected chi connectivity index (χ0v) is 18.4. The van der Waals surface area contributed by atoms with E-state index in [0.29, 0.717) is 10.6 Å². The molecule has 0 heterocycles. The number of carbonyl (C=O) groups is 1. The number of rotatable bonds is 6. The average Bonchev–Trinajstić information content (AvgIpc) is 2.54. The molecule has 2 aromatic rings. The van der Waals surface area contributed by atoms with Crippen molar-refractivity contribution in [2.24, 2.45) is 0 Å². The van der Waals surface area contributed by atoms with E-state index >= 15 is 0 Å². The minimum Gasteiger partial charge on any atom is -0.324 e. The van der Waals surface area contributed by atoms with Crippen LogP contribution in [0.2, 0.25) is 25.1 Å². The third-order valence-electron chi connectivity index (χ3n) is 3.42. The van der Waals surface area contributed by atoms with Gasteiger partial charge in [-0.25, -0.2) is 8.42 Å². The van der Waals surface area contributed by atoms with Gasteiger partial charge in [-0.1, -0.05) is 64.1 Å². The molecule has 0 aromatic heterocycles. The molecule has 0 aliphatic carbocycles. The fourth-order valence-corrected chi connectivity index (χ4v) is 3.75. The second-order valence-corrected chi connectivity index (χ2v) is 9.59. The molecular formula is C16H13Cl5N2O3S. The smallest absolute Gasteiger partial charge is 0.239 e. The molecule has 1 N–H and O–H groups in total. The second-order valence-electron chi connectivity index (χ2n) is 5.57. The van der Waals surface area contributed by atoms with Gasteiger partial charge in [-0.05, 0) is 29.8 Å². The topological polar surface area (TPSA) is 66.5 Å². The number of nitrogens with one attached hydrogen (secondary N) is 1. The highest BCUT2D eigenvalue weighted by Gasteiger charge is 2.21. The summed E-state index contributed by atoms with van der Waals surface area (Å²) < 4.78 is 25.1. The molecule has 2 rings (SSSR count). The van der Waals surface area contributed by atoms with Crippen molar-refractivity contribution in [2.45, 2.75) is 6.54 Å². The number of hydrogen-bond acceptors (Lipinski definition) is 3. The molecule has 0 bridgehead atoms. The summed E-state index contributed by atoms with van der Waals surface area (Å²) in [4.78, 5) is 12.3. The Bertz CT molecular complexity index is 982. The SMILES string of the molecule is CS(=O)(=O)N(CC(=O)Nc1cc(Cl)c(Cl)cc1Cl)Cc1ccc(Cl)c(Cl)c1. The van der Waals surface area contributed by atoms with E-state index in [9.17, 15) is 13.2 Å². The summed E-state index contributed by atoms with van der Waals surface area (Å²) in [6, 6.07) is 7.48. The highest BCUT2D eigenvalue weighted by atomic mass is 35.5. The van der Waals surface area contributed by atoms with Crippen LogP contribution < -0.4 is 5.32 Å². The number of anilines is 1. The van der Waals surface area contributed by atoms with Crippen LogP contribution in [-0.2, 0) is 21.4 Å². The second kappa shape index (κ2) is 9.18. The molecule has 2 aromatic carbocycles. The van der Waals surface area contributed by atoms with Crippen molar-refractivity contribution in [3.05, 3.63) is 61.0 Å². The lowest BCUT2D eigenvalue weighted by Crippen LogP contribution is -2.36. The van der Waals surface area contributed by atoms with Gasteiger partial charge in [-0.2, -0.15) is 4.31 Å². The monoisotopic (exact) mass is 488 g/mol. The Hall–Kier alpha value is -0.730. The predicted molar refractivity (Wildman–Crippen MR) is 112 cm³/mol. The molecule has 146 valence electrons. The van der Waals surface area contributed by atoms with Gasteiger partial charge in [0.2, 0.25) is 15.9 Å². The molecule has 11 heteroatoms. The first-order valence-electron chi connectivity index (χ1n) is 7.31.